The van der Waals surface area contributed by atoms with Crippen LogP contribution in [-0.2, 0) is 4.74 Å². The van der Waals surface area contributed by atoms with Crippen LogP contribution in [0.15, 0.2) is 10.9 Å². The lowest BCUT2D eigenvalue weighted by molar-refractivity contribution is 0.0221. The van der Waals surface area contributed by atoms with Crippen molar-refractivity contribution < 1.29 is 9.53 Å². The summed E-state index contributed by atoms with van der Waals surface area (Å²) in [4.78, 5) is 21.1. The van der Waals surface area contributed by atoms with Crippen LogP contribution in [-0.4, -0.2) is 33.1 Å². The SMILES string of the molecule is CC(C)(C)OC(=O)N1CCCC1c1cnc(Br)[nH]1. The minimum atomic E-state index is -0.460. The molecule has 18 heavy (non-hydrogen) atoms. The van der Waals surface area contributed by atoms with Crippen LogP contribution in [0.4, 0.5) is 4.79 Å². The number of carbonyl (C=O) groups is 1. The van der Waals surface area contributed by atoms with Crippen LogP contribution in [0.25, 0.3) is 0 Å². The Hall–Kier alpha value is -1.04. The molecule has 1 amide bonds. The lowest BCUT2D eigenvalue weighted by Gasteiger charge is -2.28. The summed E-state index contributed by atoms with van der Waals surface area (Å²) in [5, 5.41) is 0. The Balaban J connectivity index is 2.10. The molecule has 0 saturated carbocycles. The molecule has 0 spiro atoms. The molecule has 1 unspecified atom stereocenters. The quantitative estimate of drug-likeness (QED) is 0.865. The van der Waals surface area contributed by atoms with Crippen LogP contribution in [0.1, 0.15) is 45.3 Å². The van der Waals surface area contributed by atoms with Crippen molar-refractivity contribution in [1.82, 2.24) is 14.9 Å². The second-order valence-electron chi connectivity index (χ2n) is 5.46. The topological polar surface area (TPSA) is 58.2 Å². The van der Waals surface area contributed by atoms with Gasteiger partial charge in [0.2, 0.25) is 0 Å². The number of nitrogens with one attached hydrogen (secondary N) is 1. The van der Waals surface area contributed by atoms with Crippen molar-refractivity contribution in [2.24, 2.45) is 0 Å². The summed E-state index contributed by atoms with van der Waals surface area (Å²) in [6.07, 6.45) is 3.43. The van der Waals surface area contributed by atoms with Crippen LogP contribution < -0.4 is 0 Å². The maximum Gasteiger partial charge on any atom is 0.410 e. The molecule has 0 radical (unpaired) electrons. The van der Waals surface area contributed by atoms with Gasteiger partial charge in [-0.15, -0.1) is 0 Å². The van der Waals surface area contributed by atoms with Gasteiger partial charge in [0.1, 0.15) is 5.60 Å². The molecule has 1 aromatic heterocycles. The van der Waals surface area contributed by atoms with Crippen molar-refractivity contribution in [2.75, 3.05) is 6.54 Å². The highest BCUT2D eigenvalue weighted by Gasteiger charge is 2.33. The number of aromatic nitrogens is 2. The standard InChI is InChI=1S/C12H18BrN3O2/c1-12(2,3)18-11(17)16-6-4-5-9(16)8-7-14-10(13)15-8/h7,9H,4-6H2,1-3H3,(H,14,15). The van der Waals surface area contributed by atoms with E-state index in [9.17, 15) is 4.79 Å². The highest BCUT2D eigenvalue weighted by Crippen LogP contribution is 2.32. The van der Waals surface area contributed by atoms with E-state index >= 15 is 0 Å². The van der Waals surface area contributed by atoms with Gasteiger partial charge in [-0.3, -0.25) is 4.90 Å². The summed E-state index contributed by atoms with van der Waals surface area (Å²) in [6.45, 7) is 6.37. The van der Waals surface area contributed by atoms with Gasteiger partial charge >= 0.3 is 6.09 Å². The van der Waals surface area contributed by atoms with E-state index in [1.807, 2.05) is 20.8 Å². The molecular weight excluding hydrogens is 298 g/mol. The Morgan fingerprint density at radius 3 is 2.89 bits per heavy atom. The molecule has 0 bridgehead atoms. The molecule has 2 heterocycles. The van der Waals surface area contributed by atoms with Crippen molar-refractivity contribution in [3.63, 3.8) is 0 Å². The smallest absolute Gasteiger partial charge is 0.410 e. The van der Waals surface area contributed by atoms with Gasteiger partial charge in [-0.25, -0.2) is 9.78 Å². The Labute approximate surface area is 115 Å². The number of halogens is 1. The lowest BCUT2D eigenvalue weighted by Crippen LogP contribution is -2.36. The summed E-state index contributed by atoms with van der Waals surface area (Å²) in [5.41, 5.74) is 0.490. The van der Waals surface area contributed by atoms with Crippen LogP contribution in [0.5, 0.6) is 0 Å². The van der Waals surface area contributed by atoms with E-state index in [2.05, 4.69) is 25.9 Å². The zero-order chi connectivity index (χ0) is 13.3. The number of amides is 1. The van der Waals surface area contributed by atoms with Crippen LogP contribution in [0, 0.1) is 0 Å². The van der Waals surface area contributed by atoms with Crippen LogP contribution in [0.2, 0.25) is 0 Å². The van der Waals surface area contributed by atoms with Crippen LogP contribution >= 0.6 is 15.9 Å². The molecule has 2 rings (SSSR count). The van der Waals surface area contributed by atoms with E-state index in [1.54, 1.807) is 11.1 Å². The van der Waals surface area contributed by atoms with Gasteiger partial charge in [0.25, 0.3) is 0 Å². The highest BCUT2D eigenvalue weighted by atomic mass is 79.9. The number of imidazole rings is 1. The van der Waals surface area contributed by atoms with Crippen molar-refractivity contribution in [2.45, 2.75) is 45.3 Å². The minimum Gasteiger partial charge on any atom is -0.444 e. The van der Waals surface area contributed by atoms with Gasteiger partial charge in [0.15, 0.2) is 4.73 Å². The van der Waals surface area contributed by atoms with Gasteiger partial charge in [-0.1, -0.05) is 0 Å². The zero-order valence-corrected chi connectivity index (χ0v) is 12.5. The molecule has 1 N–H and O–H groups in total. The number of H-pyrrole nitrogens is 1. The maximum atomic E-state index is 12.1. The fraction of sp³-hybridized carbons (Fsp3) is 0.667. The van der Waals surface area contributed by atoms with Crippen molar-refractivity contribution >= 4 is 22.0 Å². The first-order valence-corrected chi connectivity index (χ1v) is 6.86. The first kappa shape index (κ1) is 13.4. The molecule has 1 aliphatic heterocycles. The second-order valence-corrected chi connectivity index (χ2v) is 6.21. The van der Waals surface area contributed by atoms with Crippen molar-refractivity contribution in [1.29, 1.82) is 0 Å². The van der Waals surface area contributed by atoms with Gasteiger partial charge in [-0.05, 0) is 49.5 Å². The Morgan fingerprint density at radius 2 is 2.33 bits per heavy atom. The molecular formula is C12H18BrN3O2. The number of rotatable bonds is 1. The fourth-order valence-electron chi connectivity index (χ4n) is 2.11. The predicted molar refractivity (Wildman–Crippen MR) is 71.2 cm³/mol. The number of hydrogen-bond acceptors (Lipinski definition) is 3. The molecule has 1 aromatic rings. The predicted octanol–water partition coefficient (Wildman–Crippen LogP) is 3.24. The molecule has 5 nitrogen and oxygen atoms in total. The molecule has 1 saturated heterocycles. The van der Waals surface area contributed by atoms with Gasteiger partial charge in [0, 0.05) is 6.54 Å². The fourth-order valence-corrected chi connectivity index (χ4v) is 2.44. The average molecular weight is 316 g/mol. The Morgan fingerprint density at radius 1 is 1.61 bits per heavy atom. The largest absolute Gasteiger partial charge is 0.444 e. The molecule has 0 aromatic carbocycles. The maximum absolute atomic E-state index is 12.1. The normalized spacial score (nSPS) is 20.2. The third kappa shape index (κ3) is 3.04. The third-order valence-corrected chi connectivity index (χ3v) is 3.21. The van der Waals surface area contributed by atoms with E-state index < -0.39 is 5.60 Å². The summed E-state index contributed by atoms with van der Waals surface area (Å²) in [6, 6.07) is 0.0404. The van der Waals surface area contributed by atoms with E-state index in [0.717, 1.165) is 25.1 Å². The van der Waals surface area contributed by atoms with E-state index in [4.69, 9.17) is 4.74 Å². The molecule has 1 fully saturated rings. The Bertz CT molecular complexity index is 439. The number of nitrogens with zero attached hydrogens (tertiary/aromatic N) is 2. The summed E-state index contributed by atoms with van der Waals surface area (Å²) in [7, 11) is 0. The highest BCUT2D eigenvalue weighted by molar-refractivity contribution is 9.10. The number of hydrogen-bond donors (Lipinski definition) is 1. The average Bonchev–Trinajstić information content (AvgIpc) is 2.81. The molecule has 100 valence electrons. The number of carbonyl (C=O) groups excluding carboxylic acids is 1. The number of aromatic amines is 1. The number of ether oxygens (including phenoxy) is 1. The van der Waals surface area contributed by atoms with Crippen molar-refractivity contribution in [3.05, 3.63) is 16.6 Å². The van der Waals surface area contributed by atoms with E-state index in [-0.39, 0.29) is 12.1 Å². The summed E-state index contributed by atoms with van der Waals surface area (Å²) < 4.78 is 6.11. The monoisotopic (exact) mass is 315 g/mol. The molecule has 1 aliphatic rings. The van der Waals surface area contributed by atoms with Gasteiger partial charge < -0.3 is 9.72 Å². The van der Waals surface area contributed by atoms with Crippen LogP contribution in [0.3, 0.4) is 0 Å². The van der Waals surface area contributed by atoms with Gasteiger partial charge in [-0.2, -0.15) is 0 Å². The lowest BCUT2D eigenvalue weighted by atomic mass is 10.1. The first-order valence-electron chi connectivity index (χ1n) is 6.07. The summed E-state index contributed by atoms with van der Waals surface area (Å²) >= 11 is 3.28. The van der Waals surface area contributed by atoms with Crippen molar-refractivity contribution in [3.8, 4) is 0 Å². The molecule has 6 heteroatoms. The molecule has 1 atom stereocenters. The molecule has 0 aliphatic carbocycles. The number of likely N-dealkylation sites (tertiary alicyclic amines) is 1. The van der Waals surface area contributed by atoms with Gasteiger partial charge in [0.05, 0.1) is 17.9 Å². The Kier molecular flexibility index (Phi) is 3.66. The third-order valence-electron chi connectivity index (χ3n) is 2.80. The minimum absolute atomic E-state index is 0.0404. The second kappa shape index (κ2) is 4.91. The van der Waals surface area contributed by atoms with E-state index in [0.29, 0.717) is 4.73 Å². The zero-order valence-electron chi connectivity index (χ0n) is 10.9. The van der Waals surface area contributed by atoms with E-state index in [1.165, 1.54) is 0 Å². The first-order chi connectivity index (χ1) is 8.37. The summed E-state index contributed by atoms with van der Waals surface area (Å²) in [5.74, 6) is 0.